The van der Waals surface area contributed by atoms with Crippen LogP contribution in [0.15, 0.2) is 12.1 Å². The Balaban J connectivity index is 3.31. The molecule has 0 heterocycles. The third-order valence-corrected chi connectivity index (χ3v) is 2.65. The van der Waals surface area contributed by atoms with Gasteiger partial charge in [0.25, 0.3) is 0 Å². The number of rotatable bonds is 0. The van der Waals surface area contributed by atoms with Gasteiger partial charge in [0.2, 0.25) is 0 Å². The summed E-state index contributed by atoms with van der Waals surface area (Å²) in [5, 5.41) is 0. The molecule has 0 aliphatic heterocycles. The molecule has 1 aromatic carbocycles. The third-order valence-electron chi connectivity index (χ3n) is 1.53. The molecule has 0 spiro atoms. The lowest BCUT2D eigenvalue weighted by Crippen LogP contribution is -1.92. The average Bonchev–Trinajstić information content (AvgIpc) is 1.82. The van der Waals surface area contributed by atoms with Gasteiger partial charge in [0.05, 0.1) is 0 Å². The minimum Gasteiger partial charge on any atom is -0.398 e. The van der Waals surface area contributed by atoms with Gasteiger partial charge in [-0.05, 0) is 59.7 Å². The number of hydrogen-bond donors (Lipinski definition) is 1. The van der Waals surface area contributed by atoms with Gasteiger partial charge in [0.15, 0.2) is 0 Å². The summed E-state index contributed by atoms with van der Waals surface area (Å²) in [6.45, 7) is 4.09. The van der Waals surface area contributed by atoms with Crippen LogP contribution < -0.4 is 5.73 Å². The molecular formula is C8H10IN. The second-order valence-electron chi connectivity index (χ2n) is 2.46. The maximum absolute atomic E-state index is 5.72. The summed E-state index contributed by atoms with van der Waals surface area (Å²) >= 11 is 2.30. The maximum Gasteiger partial charge on any atom is 0.0357 e. The number of hydrogen-bond acceptors (Lipinski definition) is 1. The topological polar surface area (TPSA) is 26.0 Å². The summed E-state index contributed by atoms with van der Waals surface area (Å²) in [5.41, 5.74) is 9.03. The second-order valence-corrected chi connectivity index (χ2v) is 3.62. The summed E-state index contributed by atoms with van der Waals surface area (Å²) < 4.78 is 1.25. The van der Waals surface area contributed by atoms with Crippen LogP contribution in [0, 0.1) is 17.4 Å². The molecule has 0 atom stereocenters. The summed E-state index contributed by atoms with van der Waals surface area (Å²) in [6.07, 6.45) is 0. The summed E-state index contributed by atoms with van der Waals surface area (Å²) in [5.74, 6) is 0. The maximum atomic E-state index is 5.72. The Bertz CT molecular complexity index is 232. The van der Waals surface area contributed by atoms with Gasteiger partial charge < -0.3 is 5.73 Å². The molecule has 0 unspecified atom stereocenters. The zero-order chi connectivity index (χ0) is 7.72. The highest BCUT2D eigenvalue weighted by Gasteiger charge is 1.98. The van der Waals surface area contributed by atoms with E-state index in [-0.39, 0.29) is 0 Å². The van der Waals surface area contributed by atoms with Crippen molar-refractivity contribution in [2.75, 3.05) is 5.73 Å². The monoisotopic (exact) mass is 247 g/mol. The van der Waals surface area contributed by atoms with Gasteiger partial charge >= 0.3 is 0 Å². The molecule has 0 fully saturated rings. The van der Waals surface area contributed by atoms with Crippen LogP contribution in [0.3, 0.4) is 0 Å². The van der Waals surface area contributed by atoms with E-state index in [0.29, 0.717) is 0 Å². The van der Waals surface area contributed by atoms with E-state index < -0.39 is 0 Å². The molecule has 0 saturated carbocycles. The lowest BCUT2D eigenvalue weighted by atomic mass is 10.1. The van der Waals surface area contributed by atoms with Crippen molar-refractivity contribution in [2.45, 2.75) is 13.8 Å². The predicted octanol–water partition coefficient (Wildman–Crippen LogP) is 2.49. The first kappa shape index (κ1) is 7.85. The highest BCUT2D eigenvalue weighted by molar-refractivity contribution is 14.1. The number of nitrogen functional groups attached to an aromatic ring is 1. The largest absolute Gasteiger partial charge is 0.398 e. The van der Waals surface area contributed by atoms with Gasteiger partial charge in [-0.15, -0.1) is 0 Å². The first-order chi connectivity index (χ1) is 4.61. The number of anilines is 1. The van der Waals surface area contributed by atoms with Gasteiger partial charge in [0, 0.05) is 9.26 Å². The fraction of sp³-hybridized carbons (Fsp3) is 0.250. The van der Waals surface area contributed by atoms with E-state index in [1.807, 2.05) is 13.0 Å². The average molecular weight is 247 g/mol. The van der Waals surface area contributed by atoms with Crippen molar-refractivity contribution < 1.29 is 0 Å². The minimum absolute atomic E-state index is 0.893. The van der Waals surface area contributed by atoms with Crippen molar-refractivity contribution in [1.29, 1.82) is 0 Å². The SMILES string of the molecule is Cc1cc(N)c(C)c(I)c1. The van der Waals surface area contributed by atoms with Crippen molar-refractivity contribution in [1.82, 2.24) is 0 Å². The van der Waals surface area contributed by atoms with Crippen LogP contribution in [0.25, 0.3) is 0 Å². The van der Waals surface area contributed by atoms with Crippen LogP contribution in [0.5, 0.6) is 0 Å². The molecule has 54 valence electrons. The van der Waals surface area contributed by atoms with Crippen LogP contribution in [0.2, 0.25) is 0 Å². The molecule has 1 nitrogen and oxygen atoms in total. The van der Waals surface area contributed by atoms with Gasteiger partial charge in [-0.1, -0.05) is 0 Å². The van der Waals surface area contributed by atoms with Crippen LogP contribution in [-0.2, 0) is 0 Å². The van der Waals surface area contributed by atoms with E-state index in [1.165, 1.54) is 14.7 Å². The van der Waals surface area contributed by atoms with Crippen LogP contribution in [-0.4, -0.2) is 0 Å². The van der Waals surface area contributed by atoms with E-state index in [9.17, 15) is 0 Å². The Labute approximate surface area is 74.8 Å². The molecule has 10 heavy (non-hydrogen) atoms. The van der Waals surface area contributed by atoms with E-state index in [4.69, 9.17) is 5.73 Å². The molecule has 0 aliphatic carbocycles. The van der Waals surface area contributed by atoms with E-state index in [2.05, 4.69) is 35.6 Å². The van der Waals surface area contributed by atoms with Crippen molar-refractivity contribution in [3.05, 3.63) is 26.8 Å². The Hall–Kier alpha value is -0.250. The molecule has 0 amide bonds. The molecule has 0 radical (unpaired) electrons. The highest BCUT2D eigenvalue weighted by Crippen LogP contribution is 2.19. The minimum atomic E-state index is 0.893. The highest BCUT2D eigenvalue weighted by atomic mass is 127. The van der Waals surface area contributed by atoms with Gasteiger partial charge in [-0.3, -0.25) is 0 Å². The summed E-state index contributed by atoms with van der Waals surface area (Å²) in [6, 6.07) is 4.13. The molecular weight excluding hydrogens is 237 g/mol. The second kappa shape index (κ2) is 2.78. The van der Waals surface area contributed by atoms with Crippen LogP contribution in [0.4, 0.5) is 5.69 Å². The number of aryl methyl sites for hydroxylation is 1. The Morgan fingerprint density at radius 1 is 1.30 bits per heavy atom. The molecule has 0 saturated heterocycles. The van der Waals surface area contributed by atoms with Gasteiger partial charge in [-0.2, -0.15) is 0 Å². The van der Waals surface area contributed by atoms with Crippen molar-refractivity contribution in [3.63, 3.8) is 0 Å². The molecule has 1 aromatic rings. The first-order valence-corrected chi connectivity index (χ1v) is 4.21. The Morgan fingerprint density at radius 3 is 2.40 bits per heavy atom. The predicted molar refractivity (Wildman–Crippen MR) is 53.0 cm³/mol. The van der Waals surface area contributed by atoms with Crippen LogP contribution in [0.1, 0.15) is 11.1 Å². The van der Waals surface area contributed by atoms with E-state index in [1.54, 1.807) is 0 Å². The van der Waals surface area contributed by atoms with Crippen molar-refractivity contribution in [2.24, 2.45) is 0 Å². The molecule has 1 rings (SSSR count). The zero-order valence-corrected chi connectivity index (χ0v) is 8.27. The Morgan fingerprint density at radius 2 is 1.90 bits per heavy atom. The van der Waals surface area contributed by atoms with Gasteiger partial charge in [0.1, 0.15) is 0 Å². The van der Waals surface area contributed by atoms with E-state index in [0.717, 1.165) is 5.69 Å². The normalized spacial score (nSPS) is 9.90. The summed E-state index contributed by atoms with van der Waals surface area (Å²) in [7, 11) is 0. The van der Waals surface area contributed by atoms with Crippen molar-refractivity contribution >= 4 is 28.3 Å². The molecule has 0 aliphatic rings. The molecule has 2 N–H and O–H groups in total. The third kappa shape index (κ3) is 1.42. The zero-order valence-electron chi connectivity index (χ0n) is 6.11. The fourth-order valence-corrected chi connectivity index (χ4v) is 1.64. The number of benzene rings is 1. The Kier molecular flexibility index (Phi) is 2.18. The lowest BCUT2D eigenvalue weighted by molar-refractivity contribution is 1.37. The van der Waals surface area contributed by atoms with Gasteiger partial charge in [-0.25, -0.2) is 0 Å². The fourth-order valence-electron chi connectivity index (χ4n) is 0.841. The number of halogens is 1. The first-order valence-electron chi connectivity index (χ1n) is 3.13. The van der Waals surface area contributed by atoms with Crippen LogP contribution >= 0.6 is 22.6 Å². The summed E-state index contributed by atoms with van der Waals surface area (Å²) in [4.78, 5) is 0. The molecule has 2 heteroatoms. The standard InChI is InChI=1S/C8H10IN/c1-5-3-7(9)6(2)8(10)4-5/h3-4H,10H2,1-2H3. The smallest absolute Gasteiger partial charge is 0.0357 e. The quantitative estimate of drug-likeness (QED) is 0.553. The molecule has 0 aromatic heterocycles. The van der Waals surface area contributed by atoms with Crippen molar-refractivity contribution in [3.8, 4) is 0 Å². The number of nitrogens with two attached hydrogens (primary N) is 1. The van der Waals surface area contributed by atoms with E-state index >= 15 is 0 Å². The lowest BCUT2D eigenvalue weighted by Gasteiger charge is -2.03. The molecule has 0 bridgehead atoms.